The van der Waals surface area contributed by atoms with E-state index in [1.165, 1.54) is 18.2 Å². The van der Waals surface area contributed by atoms with Crippen molar-refractivity contribution in [2.24, 2.45) is 5.92 Å². The minimum atomic E-state index is -1.38. The second kappa shape index (κ2) is 5.98. The van der Waals surface area contributed by atoms with Gasteiger partial charge in [0.25, 0.3) is 0 Å². The fourth-order valence-corrected chi connectivity index (χ4v) is 1.87. The predicted molar refractivity (Wildman–Crippen MR) is 62.4 cm³/mol. The van der Waals surface area contributed by atoms with Crippen molar-refractivity contribution >= 4 is 17.6 Å². The Morgan fingerprint density at radius 1 is 1.53 bits per heavy atom. The van der Waals surface area contributed by atoms with E-state index in [2.05, 4.69) is 0 Å². The minimum Gasteiger partial charge on any atom is -0.481 e. The highest BCUT2D eigenvalue weighted by Gasteiger charge is 2.29. The zero-order valence-corrected chi connectivity index (χ0v) is 10.1. The molecule has 2 N–H and O–H groups in total. The Hall–Kier alpha value is -1.13. The number of carboxylic acid groups (broad SMARTS) is 1. The Morgan fingerprint density at radius 2 is 2.18 bits per heavy atom. The van der Waals surface area contributed by atoms with Gasteiger partial charge in [0.2, 0.25) is 0 Å². The van der Waals surface area contributed by atoms with Gasteiger partial charge in [-0.3, -0.25) is 4.79 Å². The third-order valence-corrected chi connectivity index (χ3v) is 2.89. The molecule has 1 aromatic rings. The second-order valence-corrected chi connectivity index (χ2v) is 4.23. The van der Waals surface area contributed by atoms with Crippen LogP contribution >= 0.6 is 11.6 Å². The van der Waals surface area contributed by atoms with Gasteiger partial charge in [-0.05, 0) is 12.5 Å². The van der Waals surface area contributed by atoms with Crippen LogP contribution in [-0.2, 0) is 4.79 Å². The van der Waals surface area contributed by atoms with E-state index in [9.17, 15) is 14.3 Å². The Kier molecular flexibility index (Phi) is 4.90. The Balaban J connectivity index is 3.05. The van der Waals surface area contributed by atoms with Gasteiger partial charge < -0.3 is 10.2 Å². The van der Waals surface area contributed by atoms with Crippen molar-refractivity contribution in [3.63, 3.8) is 0 Å². The van der Waals surface area contributed by atoms with Crippen molar-refractivity contribution in [3.05, 3.63) is 34.6 Å². The van der Waals surface area contributed by atoms with E-state index in [0.29, 0.717) is 6.42 Å². The lowest BCUT2D eigenvalue weighted by molar-refractivity contribution is -0.146. The first-order valence-electron chi connectivity index (χ1n) is 5.33. The van der Waals surface area contributed by atoms with Gasteiger partial charge in [-0.15, -0.1) is 0 Å². The first-order valence-corrected chi connectivity index (χ1v) is 5.71. The van der Waals surface area contributed by atoms with Gasteiger partial charge >= 0.3 is 5.97 Å². The third-order valence-electron chi connectivity index (χ3n) is 2.60. The van der Waals surface area contributed by atoms with Crippen LogP contribution in [0.2, 0.25) is 5.02 Å². The Labute approximate surface area is 104 Å². The van der Waals surface area contributed by atoms with Gasteiger partial charge in [0, 0.05) is 5.56 Å². The molecule has 0 spiro atoms. The molecule has 0 amide bonds. The molecule has 17 heavy (non-hydrogen) atoms. The third kappa shape index (κ3) is 3.17. The van der Waals surface area contributed by atoms with Crippen LogP contribution in [0.25, 0.3) is 0 Å². The van der Waals surface area contributed by atoms with Crippen molar-refractivity contribution < 1.29 is 19.4 Å². The lowest BCUT2D eigenvalue weighted by atomic mass is 9.91. The summed E-state index contributed by atoms with van der Waals surface area (Å²) in [5, 5.41) is 18.8. The summed E-state index contributed by atoms with van der Waals surface area (Å²) < 4.78 is 13.6. The van der Waals surface area contributed by atoms with Gasteiger partial charge in [-0.25, -0.2) is 4.39 Å². The van der Waals surface area contributed by atoms with Crippen molar-refractivity contribution in [3.8, 4) is 0 Å². The second-order valence-electron chi connectivity index (χ2n) is 3.82. The summed E-state index contributed by atoms with van der Waals surface area (Å²) in [6, 6.07) is 4.18. The van der Waals surface area contributed by atoms with Crippen molar-refractivity contribution in [2.75, 3.05) is 0 Å². The summed E-state index contributed by atoms with van der Waals surface area (Å²) >= 11 is 5.59. The fourth-order valence-electron chi connectivity index (χ4n) is 1.69. The van der Waals surface area contributed by atoms with E-state index in [1.54, 1.807) is 6.92 Å². The summed E-state index contributed by atoms with van der Waals surface area (Å²) in [5.74, 6) is -2.92. The summed E-state index contributed by atoms with van der Waals surface area (Å²) in [6.07, 6.45) is -0.510. The molecule has 5 heteroatoms. The Morgan fingerprint density at radius 3 is 2.71 bits per heavy atom. The van der Waals surface area contributed by atoms with Crippen molar-refractivity contribution in [1.82, 2.24) is 0 Å². The van der Waals surface area contributed by atoms with Crippen molar-refractivity contribution in [2.45, 2.75) is 25.9 Å². The van der Waals surface area contributed by atoms with Gasteiger partial charge in [-0.1, -0.05) is 37.1 Å². The number of hydrogen-bond donors (Lipinski definition) is 2. The lowest BCUT2D eigenvalue weighted by Gasteiger charge is -2.19. The zero-order chi connectivity index (χ0) is 13.0. The largest absolute Gasteiger partial charge is 0.481 e. The van der Waals surface area contributed by atoms with Crippen molar-refractivity contribution in [1.29, 1.82) is 0 Å². The maximum absolute atomic E-state index is 13.6. The quantitative estimate of drug-likeness (QED) is 0.856. The number of carbonyl (C=O) groups is 1. The molecule has 2 atom stereocenters. The van der Waals surface area contributed by atoms with Gasteiger partial charge in [0.1, 0.15) is 5.82 Å². The molecule has 0 heterocycles. The first-order chi connectivity index (χ1) is 7.99. The number of halogens is 2. The van der Waals surface area contributed by atoms with E-state index >= 15 is 0 Å². The fraction of sp³-hybridized carbons (Fsp3) is 0.417. The first kappa shape index (κ1) is 13.9. The van der Waals surface area contributed by atoms with Crippen LogP contribution in [0.15, 0.2) is 18.2 Å². The van der Waals surface area contributed by atoms with Gasteiger partial charge in [0.15, 0.2) is 0 Å². The molecular weight excluding hydrogens is 247 g/mol. The molecule has 0 aliphatic heterocycles. The predicted octanol–water partition coefficient (Wildman–Crippen LogP) is 3.01. The molecule has 0 bridgehead atoms. The number of aliphatic hydroxyl groups excluding tert-OH is 1. The molecular formula is C12H14ClFO3. The summed E-state index contributed by atoms with van der Waals surface area (Å²) in [5.41, 5.74) is -0.0710. The smallest absolute Gasteiger partial charge is 0.309 e. The van der Waals surface area contributed by atoms with Gasteiger partial charge in [-0.2, -0.15) is 0 Å². The molecule has 0 radical (unpaired) electrons. The topological polar surface area (TPSA) is 57.5 Å². The molecule has 3 nitrogen and oxygen atoms in total. The van der Waals surface area contributed by atoms with E-state index < -0.39 is 23.8 Å². The SMILES string of the molecule is CCCC(C(=O)O)C(O)c1cccc(Cl)c1F. The zero-order valence-electron chi connectivity index (χ0n) is 9.36. The van der Waals surface area contributed by atoms with Crippen LogP contribution in [0.3, 0.4) is 0 Å². The number of carboxylic acids is 1. The summed E-state index contributed by atoms with van der Waals surface area (Å²) in [7, 11) is 0. The molecule has 0 fully saturated rings. The van der Waals surface area contributed by atoms with Crippen LogP contribution in [0.4, 0.5) is 4.39 Å². The molecule has 1 rings (SSSR count). The maximum Gasteiger partial charge on any atom is 0.309 e. The highest BCUT2D eigenvalue weighted by Crippen LogP contribution is 2.30. The average molecular weight is 261 g/mol. The number of hydrogen-bond acceptors (Lipinski definition) is 2. The molecule has 94 valence electrons. The monoisotopic (exact) mass is 260 g/mol. The molecule has 0 aromatic heterocycles. The van der Waals surface area contributed by atoms with Gasteiger partial charge in [0.05, 0.1) is 17.0 Å². The Bertz CT molecular complexity index is 409. The van der Waals surface area contributed by atoms with E-state index in [4.69, 9.17) is 16.7 Å². The van der Waals surface area contributed by atoms with Crippen LogP contribution in [-0.4, -0.2) is 16.2 Å². The maximum atomic E-state index is 13.6. The summed E-state index contributed by atoms with van der Waals surface area (Å²) in [4.78, 5) is 11.0. The normalized spacial score (nSPS) is 14.4. The number of rotatable bonds is 5. The van der Waals surface area contributed by atoms with E-state index in [-0.39, 0.29) is 17.0 Å². The standard InChI is InChI=1S/C12H14ClFO3/c1-2-4-8(12(16)17)11(15)7-5-3-6-9(13)10(7)14/h3,5-6,8,11,15H,2,4H2,1H3,(H,16,17). The van der Waals surface area contributed by atoms with Crippen LogP contribution < -0.4 is 0 Å². The van der Waals surface area contributed by atoms with Crippen LogP contribution in [0.1, 0.15) is 31.4 Å². The molecule has 0 saturated carbocycles. The molecule has 2 unspecified atom stereocenters. The highest BCUT2D eigenvalue weighted by molar-refractivity contribution is 6.30. The summed E-state index contributed by atoms with van der Waals surface area (Å²) in [6.45, 7) is 1.80. The number of aliphatic hydroxyl groups is 1. The van der Waals surface area contributed by atoms with E-state index in [0.717, 1.165) is 0 Å². The minimum absolute atomic E-state index is 0.0710. The number of aliphatic carboxylic acids is 1. The highest BCUT2D eigenvalue weighted by atomic mass is 35.5. The molecule has 0 aliphatic carbocycles. The van der Waals surface area contributed by atoms with Crippen LogP contribution in [0, 0.1) is 11.7 Å². The average Bonchev–Trinajstić information content (AvgIpc) is 2.28. The number of benzene rings is 1. The molecule has 1 aromatic carbocycles. The molecule has 0 aliphatic rings. The van der Waals surface area contributed by atoms with Crippen LogP contribution in [0.5, 0.6) is 0 Å². The lowest BCUT2D eigenvalue weighted by Crippen LogP contribution is -2.22. The molecule has 0 saturated heterocycles. The van der Waals surface area contributed by atoms with E-state index in [1.807, 2.05) is 0 Å².